The molecule has 0 spiro atoms. The average Bonchev–Trinajstić information content (AvgIpc) is 2.55. The van der Waals surface area contributed by atoms with E-state index in [0.717, 1.165) is 17.5 Å². The van der Waals surface area contributed by atoms with Gasteiger partial charge in [-0.3, -0.25) is 4.79 Å². The molecule has 1 unspecified atom stereocenters. The second-order valence-corrected chi connectivity index (χ2v) is 5.56. The Balaban J connectivity index is 1.88. The third-order valence-corrected chi connectivity index (χ3v) is 3.85. The summed E-state index contributed by atoms with van der Waals surface area (Å²) in [7, 11) is 0. The van der Waals surface area contributed by atoms with Crippen LogP contribution in [0.3, 0.4) is 0 Å². The lowest BCUT2D eigenvalue weighted by molar-refractivity contribution is 0.0941. The van der Waals surface area contributed by atoms with E-state index in [1.54, 1.807) is 24.3 Å². The highest BCUT2D eigenvalue weighted by molar-refractivity contribution is 6.30. The average molecular weight is 318 g/mol. The first kappa shape index (κ1) is 16.5. The molecule has 0 saturated heterocycles. The van der Waals surface area contributed by atoms with Gasteiger partial charge in [-0.2, -0.15) is 0 Å². The molecule has 3 nitrogen and oxygen atoms in total. The molecule has 0 aliphatic rings. The minimum atomic E-state index is -0.612. The lowest BCUT2D eigenvalue weighted by Gasteiger charge is -2.13. The Labute approximate surface area is 135 Å². The van der Waals surface area contributed by atoms with Crippen LogP contribution in [-0.2, 0) is 6.42 Å². The number of aryl methyl sites for hydroxylation is 1. The Kier molecular flexibility index (Phi) is 5.99. The molecule has 1 amide bonds. The molecule has 116 valence electrons. The zero-order chi connectivity index (χ0) is 15.9. The zero-order valence-electron chi connectivity index (χ0n) is 12.6. The van der Waals surface area contributed by atoms with Gasteiger partial charge in [-0.05, 0) is 42.2 Å². The Morgan fingerprint density at radius 1 is 1.18 bits per heavy atom. The maximum atomic E-state index is 12.2. The molecule has 0 saturated carbocycles. The SMILES string of the molecule is CCc1ccccc1C(=O)NCCC(O)c1ccc(Cl)cc1. The predicted molar refractivity (Wildman–Crippen MR) is 89.2 cm³/mol. The van der Waals surface area contributed by atoms with Gasteiger partial charge in [0.15, 0.2) is 0 Å². The van der Waals surface area contributed by atoms with Crippen LogP contribution in [0.2, 0.25) is 5.02 Å². The molecule has 0 aliphatic carbocycles. The third-order valence-electron chi connectivity index (χ3n) is 3.60. The van der Waals surface area contributed by atoms with Gasteiger partial charge in [0.1, 0.15) is 0 Å². The summed E-state index contributed by atoms with van der Waals surface area (Å²) in [4.78, 5) is 12.2. The fourth-order valence-corrected chi connectivity index (χ4v) is 2.45. The van der Waals surface area contributed by atoms with Crippen LogP contribution in [0.15, 0.2) is 48.5 Å². The van der Waals surface area contributed by atoms with Crippen molar-refractivity contribution in [1.29, 1.82) is 0 Å². The molecular weight excluding hydrogens is 298 g/mol. The number of nitrogens with one attached hydrogen (secondary N) is 1. The molecule has 2 aromatic carbocycles. The number of carbonyl (C=O) groups is 1. The Hall–Kier alpha value is -1.84. The molecule has 2 rings (SSSR count). The maximum absolute atomic E-state index is 12.2. The maximum Gasteiger partial charge on any atom is 0.251 e. The fourth-order valence-electron chi connectivity index (χ4n) is 2.32. The molecule has 0 heterocycles. The third kappa shape index (κ3) is 4.33. The van der Waals surface area contributed by atoms with Crippen LogP contribution in [-0.4, -0.2) is 17.6 Å². The highest BCUT2D eigenvalue weighted by Gasteiger charge is 2.11. The summed E-state index contributed by atoms with van der Waals surface area (Å²) < 4.78 is 0. The highest BCUT2D eigenvalue weighted by atomic mass is 35.5. The molecule has 0 bridgehead atoms. The van der Waals surface area contributed by atoms with Crippen molar-refractivity contribution in [3.63, 3.8) is 0 Å². The summed E-state index contributed by atoms with van der Waals surface area (Å²) in [6, 6.07) is 14.6. The molecule has 2 aromatic rings. The van der Waals surface area contributed by atoms with E-state index in [4.69, 9.17) is 11.6 Å². The van der Waals surface area contributed by atoms with Crippen LogP contribution in [0, 0.1) is 0 Å². The molecule has 0 fully saturated rings. The van der Waals surface area contributed by atoms with Gasteiger partial charge in [-0.1, -0.05) is 48.9 Å². The summed E-state index contributed by atoms with van der Waals surface area (Å²) in [6.45, 7) is 2.44. The van der Waals surface area contributed by atoms with Gasteiger partial charge >= 0.3 is 0 Å². The number of hydrogen-bond donors (Lipinski definition) is 2. The van der Waals surface area contributed by atoms with E-state index in [2.05, 4.69) is 5.32 Å². The molecule has 4 heteroatoms. The molecule has 0 aliphatic heterocycles. The van der Waals surface area contributed by atoms with E-state index in [9.17, 15) is 9.90 Å². The lowest BCUT2D eigenvalue weighted by Crippen LogP contribution is -2.26. The zero-order valence-corrected chi connectivity index (χ0v) is 13.3. The van der Waals surface area contributed by atoms with Crippen molar-refractivity contribution in [3.05, 3.63) is 70.2 Å². The van der Waals surface area contributed by atoms with Gasteiger partial charge in [-0.15, -0.1) is 0 Å². The minimum Gasteiger partial charge on any atom is -0.388 e. The number of halogens is 1. The second kappa shape index (κ2) is 7.97. The normalized spacial score (nSPS) is 12.0. The number of carbonyl (C=O) groups excluding carboxylic acids is 1. The van der Waals surface area contributed by atoms with Crippen molar-refractivity contribution < 1.29 is 9.90 Å². The molecule has 0 aromatic heterocycles. The van der Waals surface area contributed by atoms with Crippen molar-refractivity contribution in [2.24, 2.45) is 0 Å². The minimum absolute atomic E-state index is 0.0965. The summed E-state index contributed by atoms with van der Waals surface area (Å²) in [6.07, 6.45) is 0.664. The van der Waals surface area contributed by atoms with Gasteiger partial charge in [-0.25, -0.2) is 0 Å². The predicted octanol–water partition coefficient (Wildman–Crippen LogP) is 3.76. The van der Waals surface area contributed by atoms with Crippen LogP contribution < -0.4 is 5.32 Å². The smallest absolute Gasteiger partial charge is 0.251 e. The second-order valence-electron chi connectivity index (χ2n) is 5.12. The van der Waals surface area contributed by atoms with Gasteiger partial charge in [0.05, 0.1) is 6.10 Å². The summed E-state index contributed by atoms with van der Waals surface area (Å²) in [5, 5.41) is 13.6. The van der Waals surface area contributed by atoms with E-state index in [0.29, 0.717) is 23.6 Å². The van der Waals surface area contributed by atoms with Crippen LogP contribution in [0.25, 0.3) is 0 Å². The number of amides is 1. The Morgan fingerprint density at radius 3 is 2.55 bits per heavy atom. The fraction of sp³-hybridized carbons (Fsp3) is 0.278. The number of aliphatic hydroxyl groups is 1. The summed E-state index contributed by atoms with van der Waals surface area (Å²) in [5.41, 5.74) is 2.52. The van der Waals surface area contributed by atoms with E-state index in [-0.39, 0.29) is 5.91 Å². The number of hydrogen-bond acceptors (Lipinski definition) is 2. The van der Waals surface area contributed by atoms with E-state index in [1.165, 1.54) is 0 Å². The molecule has 22 heavy (non-hydrogen) atoms. The van der Waals surface area contributed by atoms with Crippen LogP contribution in [0.5, 0.6) is 0 Å². The van der Waals surface area contributed by atoms with Crippen molar-refractivity contribution >= 4 is 17.5 Å². The van der Waals surface area contributed by atoms with E-state index >= 15 is 0 Å². The molecular formula is C18H20ClNO2. The summed E-state index contributed by atoms with van der Waals surface area (Å²) >= 11 is 5.82. The highest BCUT2D eigenvalue weighted by Crippen LogP contribution is 2.18. The first-order chi connectivity index (χ1) is 10.6. The van der Waals surface area contributed by atoms with Gasteiger partial charge in [0.2, 0.25) is 0 Å². The van der Waals surface area contributed by atoms with Gasteiger partial charge in [0, 0.05) is 17.1 Å². The van der Waals surface area contributed by atoms with Gasteiger partial charge in [0.25, 0.3) is 5.91 Å². The first-order valence-electron chi connectivity index (χ1n) is 7.41. The monoisotopic (exact) mass is 317 g/mol. The Bertz CT molecular complexity index is 625. The first-order valence-corrected chi connectivity index (χ1v) is 7.79. The molecule has 2 N–H and O–H groups in total. The van der Waals surface area contributed by atoms with Crippen molar-refractivity contribution in [2.75, 3.05) is 6.54 Å². The number of benzene rings is 2. The Morgan fingerprint density at radius 2 is 1.86 bits per heavy atom. The lowest BCUT2D eigenvalue weighted by atomic mass is 10.0. The van der Waals surface area contributed by atoms with E-state index < -0.39 is 6.10 Å². The summed E-state index contributed by atoms with van der Waals surface area (Å²) in [5.74, 6) is -0.0965. The van der Waals surface area contributed by atoms with Crippen LogP contribution in [0.4, 0.5) is 0 Å². The number of aliphatic hydroxyl groups excluding tert-OH is 1. The van der Waals surface area contributed by atoms with Crippen molar-refractivity contribution in [2.45, 2.75) is 25.9 Å². The quantitative estimate of drug-likeness (QED) is 0.852. The van der Waals surface area contributed by atoms with Crippen LogP contribution >= 0.6 is 11.6 Å². The largest absolute Gasteiger partial charge is 0.388 e. The van der Waals surface area contributed by atoms with Crippen LogP contribution in [0.1, 0.15) is 40.9 Å². The standard InChI is InChI=1S/C18H20ClNO2/c1-2-13-5-3-4-6-16(13)18(22)20-12-11-17(21)14-7-9-15(19)10-8-14/h3-10,17,21H,2,11-12H2,1H3,(H,20,22). The number of rotatable bonds is 6. The molecule has 1 atom stereocenters. The van der Waals surface area contributed by atoms with Crippen molar-refractivity contribution in [3.8, 4) is 0 Å². The van der Waals surface area contributed by atoms with Gasteiger partial charge < -0.3 is 10.4 Å². The topological polar surface area (TPSA) is 49.3 Å². The van der Waals surface area contributed by atoms with Crippen molar-refractivity contribution in [1.82, 2.24) is 5.32 Å². The molecule has 0 radical (unpaired) electrons. The van der Waals surface area contributed by atoms with E-state index in [1.807, 2.05) is 31.2 Å².